The molecule has 8 heteroatoms. The smallest absolute Gasteiger partial charge is 0.323 e. The highest BCUT2D eigenvalue weighted by molar-refractivity contribution is 8.00. The number of carbonyl (C=O) groups is 1. The number of aromatic nitrogens is 3. The van der Waals surface area contributed by atoms with Crippen molar-refractivity contribution in [3.05, 3.63) is 76.3 Å². The molecular weight excluding hydrogens is 386 g/mol. The van der Waals surface area contributed by atoms with Crippen molar-refractivity contribution in [2.24, 2.45) is 0 Å². The number of hydrogen-bond acceptors (Lipinski definition) is 6. The molecule has 3 rings (SSSR count). The lowest BCUT2D eigenvalue weighted by atomic mass is 10.2. The molecule has 0 fully saturated rings. The van der Waals surface area contributed by atoms with E-state index in [0.717, 1.165) is 11.8 Å². The molecule has 0 spiro atoms. The summed E-state index contributed by atoms with van der Waals surface area (Å²) < 4.78 is 6.40. The Bertz CT molecular complexity index is 1050. The molecule has 0 aliphatic carbocycles. The molecule has 1 atom stereocenters. The highest BCUT2D eigenvalue weighted by Gasteiger charge is 2.26. The molecule has 0 bridgehead atoms. The highest BCUT2D eigenvalue weighted by Crippen LogP contribution is 2.35. The fourth-order valence-electron chi connectivity index (χ4n) is 2.55. The number of pyridine rings is 1. The fraction of sp³-hybridized carbons (Fsp3) is 0.158. The van der Waals surface area contributed by atoms with Gasteiger partial charge in [-0.05, 0) is 29.8 Å². The third-order valence-corrected chi connectivity index (χ3v) is 5.28. The maximum atomic E-state index is 12.9. The van der Waals surface area contributed by atoms with Gasteiger partial charge < -0.3 is 4.74 Å². The summed E-state index contributed by atoms with van der Waals surface area (Å²) in [4.78, 5) is 33.9. The molecule has 0 saturated carbocycles. The van der Waals surface area contributed by atoms with Crippen molar-refractivity contribution in [2.75, 3.05) is 7.11 Å². The van der Waals surface area contributed by atoms with Crippen LogP contribution >= 0.6 is 23.4 Å². The third kappa shape index (κ3) is 4.04. The third-order valence-electron chi connectivity index (χ3n) is 3.82. The first-order valence-electron chi connectivity index (χ1n) is 8.00. The van der Waals surface area contributed by atoms with Gasteiger partial charge in [0, 0.05) is 24.0 Å². The quantitative estimate of drug-likeness (QED) is 0.272. The van der Waals surface area contributed by atoms with Crippen LogP contribution in [-0.2, 0) is 16.1 Å². The molecule has 1 unspecified atom stereocenters. The van der Waals surface area contributed by atoms with E-state index < -0.39 is 11.2 Å². The number of halogens is 1. The lowest BCUT2D eigenvalue weighted by Crippen LogP contribution is -2.24. The van der Waals surface area contributed by atoms with Crippen molar-refractivity contribution in [1.82, 2.24) is 14.5 Å². The van der Waals surface area contributed by atoms with E-state index >= 15 is 0 Å². The molecule has 0 aliphatic heterocycles. The molecule has 0 amide bonds. The molecule has 1 aromatic carbocycles. The molecule has 3 aromatic rings. The zero-order valence-electron chi connectivity index (χ0n) is 14.5. The normalized spacial score (nSPS) is 11.9. The van der Waals surface area contributed by atoms with Crippen molar-refractivity contribution in [2.45, 2.75) is 17.0 Å². The predicted molar refractivity (Wildman–Crippen MR) is 106 cm³/mol. The number of nitrogens with zero attached hydrogens (tertiary/aromatic N) is 3. The van der Waals surface area contributed by atoms with E-state index in [1.165, 1.54) is 11.7 Å². The van der Waals surface area contributed by atoms with E-state index in [9.17, 15) is 9.59 Å². The summed E-state index contributed by atoms with van der Waals surface area (Å²) >= 11 is 7.17. The summed E-state index contributed by atoms with van der Waals surface area (Å²) in [7, 11) is 1.32. The van der Waals surface area contributed by atoms with Crippen LogP contribution < -0.4 is 5.56 Å². The van der Waals surface area contributed by atoms with Gasteiger partial charge in [-0.2, -0.15) is 0 Å². The molecule has 0 radical (unpaired) electrons. The van der Waals surface area contributed by atoms with Gasteiger partial charge in [0.05, 0.1) is 18.0 Å². The maximum Gasteiger partial charge on any atom is 0.323 e. The van der Waals surface area contributed by atoms with Gasteiger partial charge in [-0.3, -0.25) is 19.1 Å². The first-order chi connectivity index (χ1) is 13.0. The Balaban J connectivity index is 2.15. The zero-order valence-corrected chi connectivity index (χ0v) is 16.0. The molecular formula is C19H16ClN3O3S. The van der Waals surface area contributed by atoms with Gasteiger partial charge in [-0.1, -0.05) is 35.5 Å². The van der Waals surface area contributed by atoms with Crippen LogP contribution in [0.25, 0.3) is 10.9 Å². The van der Waals surface area contributed by atoms with E-state index in [4.69, 9.17) is 16.3 Å². The average Bonchev–Trinajstić information content (AvgIpc) is 2.68. The standard InChI is InChI=1S/C19H16ClN3O3S/c1-3-9-23-17(24)14-7-6-13(20)10-15(14)22-19(23)27-16(18(25)26-2)12-5-4-8-21-11-12/h3-8,10-11,16H,1,9H2,2H3. The van der Waals surface area contributed by atoms with Crippen LogP contribution in [0.1, 0.15) is 10.8 Å². The van der Waals surface area contributed by atoms with Gasteiger partial charge in [-0.15, -0.1) is 6.58 Å². The SMILES string of the molecule is C=CCn1c(SC(C(=O)OC)c2cccnc2)nc2cc(Cl)ccc2c1=O. The second-order valence-corrected chi connectivity index (χ2v) is 7.08. The number of rotatable bonds is 6. The van der Waals surface area contributed by atoms with Crippen molar-refractivity contribution in [1.29, 1.82) is 0 Å². The van der Waals surface area contributed by atoms with Crippen molar-refractivity contribution >= 4 is 40.2 Å². The summed E-state index contributed by atoms with van der Waals surface area (Å²) in [6.07, 6.45) is 4.81. The molecule has 0 N–H and O–H groups in total. The Morgan fingerprint density at radius 3 is 2.93 bits per heavy atom. The number of methoxy groups -OCH3 is 1. The number of allylic oxidation sites excluding steroid dienone is 1. The van der Waals surface area contributed by atoms with Crippen LogP contribution in [0, 0.1) is 0 Å². The average molecular weight is 402 g/mol. The van der Waals surface area contributed by atoms with E-state index in [1.54, 1.807) is 48.8 Å². The summed E-state index contributed by atoms with van der Waals surface area (Å²) in [6, 6.07) is 8.41. The van der Waals surface area contributed by atoms with Crippen molar-refractivity contribution in [3.63, 3.8) is 0 Å². The molecule has 0 aliphatic rings. The first kappa shape index (κ1) is 19.1. The van der Waals surface area contributed by atoms with Crippen LogP contribution in [-0.4, -0.2) is 27.6 Å². The number of carbonyl (C=O) groups excluding carboxylic acids is 1. The van der Waals surface area contributed by atoms with Gasteiger partial charge in [0.25, 0.3) is 5.56 Å². The van der Waals surface area contributed by atoms with Gasteiger partial charge >= 0.3 is 5.97 Å². The first-order valence-corrected chi connectivity index (χ1v) is 9.26. The Labute approximate surface area is 164 Å². The second-order valence-electron chi connectivity index (χ2n) is 5.57. The van der Waals surface area contributed by atoms with Crippen LogP contribution in [0.2, 0.25) is 5.02 Å². The second kappa shape index (κ2) is 8.37. The minimum absolute atomic E-state index is 0.228. The van der Waals surface area contributed by atoms with Crippen molar-refractivity contribution < 1.29 is 9.53 Å². The van der Waals surface area contributed by atoms with Crippen LogP contribution in [0.15, 0.2) is 65.3 Å². The summed E-state index contributed by atoms with van der Waals surface area (Å²) in [5, 5.41) is 0.572. The molecule has 6 nitrogen and oxygen atoms in total. The van der Waals surface area contributed by atoms with Crippen LogP contribution in [0.3, 0.4) is 0 Å². The van der Waals surface area contributed by atoms with Gasteiger partial charge in [0.15, 0.2) is 5.16 Å². The number of hydrogen-bond donors (Lipinski definition) is 0. The lowest BCUT2D eigenvalue weighted by Gasteiger charge is -2.17. The van der Waals surface area contributed by atoms with Gasteiger partial charge in [-0.25, -0.2) is 4.98 Å². The topological polar surface area (TPSA) is 74.1 Å². The highest BCUT2D eigenvalue weighted by atomic mass is 35.5. The monoisotopic (exact) mass is 401 g/mol. The van der Waals surface area contributed by atoms with E-state index in [0.29, 0.717) is 26.6 Å². The summed E-state index contributed by atoms with van der Waals surface area (Å²) in [5.41, 5.74) is 0.888. The Morgan fingerprint density at radius 1 is 1.44 bits per heavy atom. The Kier molecular flexibility index (Phi) is 5.93. The maximum absolute atomic E-state index is 12.9. The number of esters is 1. The minimum atomic E-state index is -0.719. The largest absolute Gasteiger partial charge is 0.468 e. The lowest BCUT2D eigenvalue weighted by molar-refractivity contribution is -0.140. The number of fused-ring (bicyclic) bond motifs is 1. The van der Waals surface area contributed by atoms with Crippen LogP contribution in [0.4, 0.5) is 0 Å². The Hall–Kier alpha value is -2.64. The van der Waals surface area contributed by atoms with E-state index in [1.807, 2.05) is 0 Å². The predicted octanol–water partition coefficient (Wildman–Crippen LogP) is 3.64. The van der Waals surface area contributed by atoms with Gasteiger partial charge in [0.1, 0.15) is 5.25 Å². The van der Waals surface area contributed by atoms with E-state index in [2.05, 4.69) is 16.5 Å². The van der Waals surface area contributed by atoms with Gasteiger partial charge in [0.2, 0.25) is 0 Å². The molecule has 0 saturated heterocycles. The Morgan fingerprint density at radius 2 is 2.26 bits per heavy atom. The van der Waals surface area contributed by atoms with Crippen molar-refractivity contribution in [3.8, 4) is 0 Å². The number of thioether (sulfide) groups is 1. The molecule has 138 valence electrons. The molecule has 2 aromatic heterocycles. The number of ether oxygens (including phenoxy) is 1. The summed E-state index contributed by atoms with van der Waals surface area (Å²) in [5.74, 6) is -0.460. The fourth-order valence-corrected chi connectivity index (χ4v) is 3.83. The summed E-state index contributed by atoms with van der Waals surface area (Å²) in [6.45, 7) is 3.96. The zero-order chi connectivity index (χ0) is 19.4. The molecule has 2 heterocycles. The van der Waals surface area contributed by atoms with Crippen LogP contribution in [0.5, 0.6) is 0 Å². The minimum Gasteiger partial charge on any atom is -0.468 e. The van der Waals surface area contributed by atoms with E-state index in [-0.39, 0.29) is 12.1 Å². The number of benzene rings is 1. The molecule has 27 heavy (non-hydrogen) atoms.